The molecule has 0 bridgehead atoms. The van der Waals surface area contributed by atoms with Crippen molar-refractivity contribution in [2.24, 2.45) is 0 Å². The summed E-state index contributed by atoms with van der Waals surface area (Å²) in [6.07, 6.45) is 99.1. The van der Waals surface area contributed by atoms with E-state index in [1.165, 1.54) is 154 Å². The average Bonchev–Trinajstić information content (AvgIpc) is 3.49. The molecule has 0 heterocycles. The van der Waals surface area contributed by atoms with Crippen molar-refractivity contribution in [3.63, 3.8) is 0 Å². The zero-order valence-corrected chi connectivity index (χ0v) is 54.2. The summed E-state index contributed by atoms with van der Waals surface area (Å²) in [6.45, 7) is 6.48. The predicted molar refractivity (Wildman–Crippen MR) is 362 cm³/mol. The molecule has 0 N–H and O–H groups in total. The third kappa shape index (κ3) is 68.2. The SMILES string of the molecule is CC/C=C\C/C=C\C/C=C\C/C=C\C/C=C\C/C=C\C/C=C\C/C=C\C/C=C\CCCC(=O)OCC(COC(=O)CCCCCCC/C=C\CCCCCC)OC(=O)CCCCCCCCCCCCC/C=C\CCCCCCCCCC. The molecule has 0 aliphatic carbocycles. The summed E-state index contributed by atoms with van der Waals surface area (Å²) < 4.78 is 16.9. The Hall–Kier alpha value is -4.45. The minimum Gasteiger partial charge on any atom is -0.462 e. The summed E-state index contributed by atoms with van der Waals surface area (Å²) >= 11 is 0. The van der Waals surface area contributed by atoms with Crippen LogP contribution < -0.4 is 0 Å². The predicted octanol–water partition coefficient (Wildman–Crippen LogP) is 24.1. The first-order valence-corrected chi connectivity index (χ1v) is 34.7. The summed E-state index contributed by atoms with van der Waals surface area (Å²) in [5.41, 5.74) is 0. The van der Waals surface area contributed by atoms with Gasteiger partial charge in [-0.3, -0.25) is 14.4 Å². The van der Waals surface area contributed by atoms with Crippen LogP contribution in [0.4, 0.5) is 0 Å². The lowest BCUT2D eigenvalue weighted by Crippen LogP contribution is -2.30. The van der Waals surface area contributed by atoms with Crippen molar-refractivity contribution in [3.05, 3.63) is 134 Å². The van der Waals surface area contributed by atoms with Gasteiger partial charge < -0.3 is 14.2 Å². The van der Waals surface area contributed by atoms with E-state index in [4.69, 9.17) is 14.2 Å². The molecule has 0 fully saturated rings. The molecule has 0 rings (SSSR count). The highest BCUT2D eigenvalue weighted by atomic mass is 16.6. The van der Waals surface area contributed by atoms with Crippen molar-refractivity contribution >= 4 is 17.9 Å². The normalized spacial score (nSPS) is 13.0. The molecule has 83 heavy (non-hydrogen) atoms. The van der Waals surface area contributed by atoms with Gasteiger partial charge in [0.2, 0.25) is 0 Å². The topological polar surface area (TPSA) is 78.9 Å². The fourth-order valence-corrected chi connectivity index (χ4v) is 9.43. The van der Waals surface area contributed by atoms with E-state index in [0.29, 0.717) is 19.3 Å². The van der Waals surface area contributed by atoms with Gasteiger partial charge in [-0.15, -0.1) is 0 Å². The van der Waals surface area contributed by atoms with E-state index in [-0.39, 0.29) is 37.5 Å². The van der Waals surface area contributed by atoms with Crippen molar-refractivity contribution < 1.29 is 28.6 Å². The second-order valence-corrected chi connectivity index (χ2v) is 22.7. The Morgan fingerprint density at radius 1 is 0.253 bits per heavy atom. The summed E-state index contributed by atoms with van der Waals surface area (Å²) in [5.74, 6) is -0.967. The Kier molecular flexibility index (Phi) is 66.3. The average molecular weight is 1150 g/mol. The molecular formula is C77H128O6. The van der Waals surface area contributed by atoms with E-state index in [9.17, 15) is 14.4 Å². The third-order valence-corrected chi connectivity index (χ3v) is 14.6. The number of ether oxygens (including phenoxy) is 3. The summed E-state index contributed by atoms with van der Waals surface area (Å²) in [6, 6.07) is 0. The highest BCUT2D eigenvalue weighted by Gasteiger charge is 2.19. The summed E-state index contributed by atoms with van der Waals surface area (Å²) in [4.78, 5) is 38.4. The van der Waals surface area contributed by atoms with Gasteiger partial charge >= 0.3 is 17.9 Å². The van der Waals surface area contributed by atoms with Crippen LogP contribution in [-0.4, -0.2) is 37.2 Å². The molecule has 0 amide bonds. The van der Waals surface area contributed by atoms with E-state index in [2.05, 4.69) is 154 Å². The van der Waals surface area contributed by atoms with E-state index < -0.39 is 6.10 Å². The highest BCUT2D eigenvalue weighted by molar-refractivity contribution is 5.71. The first kappa shape index (κ1) is 78.5. The van der Waals surface area contributed by atoms with Gasteiger partial charge in [-0.05, 0) is 135 Å². The molecule has 0 aromatic heterocycles. The maximum absolute atomic E-state index is 12.9. The fourth-order valence-electron chi connectivity index (χ4n) is 9.43. The van der Waals surface area contributed by atoms with E-state index >= 15 is 0 Å². The number of hydrogen-bond acceptors (Lipinski definition) is 6. The number of allylic oxidation sites excluding steroid dienone is 22. The first-order valence-electron chi connectivity index (χ1n) is 34.7. The zero-order chi connectivity index (χ0) is 59.9. The standard InChI is InChI=1S/C77H128O6/c1-4-7-10-13-16-19-22-25-27-29-31-33-35-36-37-38-39-40-42-43-45-47-49-52-55-58-61-64-67-70-76(79)82-73-74(72-81-75(78)69-66-63-60-57-54-51-24-21-18-15-12-9-6-3)83-77(80)71-68-65-62-59-56-53-50-48-46-44-41-34-32-30-28-26-23-20-17-14-11-8-5-2/h7,10,16,19,21,24-25,27,30-33,36-37,39-40,43,45,49,52,58,61,74H,4-6,8-9,11-15,17-18,20,22-23,26,28-29,34-35,38,41-42,44,46-48,50-51,53-57,59-60,62-73H2,1-3H3/b10-7-,19-16-,24-21-,27-25-,32-30-,33-31-,37-36-,40-39-,45-43-,52-49-,61-58-. The lowest BCUT2D eigenvalue weighted by molar-refractivity contribution is -0.167. The van der Waals surface area contributed by atoms with Crippen LogP contribution in [0.1, 0.15) is 316 Å². The van der Waals surface area contributed by atoms with E-state index in [1.807, 2.05) is 0 Å². The monoisotopic (exact) mass is 1150 g/mol. The summed E-state index contributed by atoms with van der Waals surface area (Å²) in [5, 5.41) is 0. The molecule has 472 valence electrons. The lowest BCUT2D eigenvalue weighted by Gasteiger charge is -2.18. The second kappa shape index (κ2) is 70.0. The van der Waals surface area contributed by atoms with Crippen molar-refractivity contribution in [3.8, 4) is 0 Å². The first-order chi connectivity index (χ1) is 41.0. The minimum atomic E-state index is -0.811. The Balaban J connectivity index is 4.42. The van der Waals surface area contributed by atoms with Crippen LogP contribution in [0.5, 0.6) is 0 Å². The Bertz CT molecular complexity index is 1750. The van der Waals surface area contributed by atoms with Crippen molar-refractivity contribution in [1.82, 2.24) is 0 Å². The van der Waals surface area contributed by atoms with Gasteiger partial charge in [0.05, 0.1) is 0 Å². The van der Waals surface area contributed by atoms with Gasteiger partial charge in [-0.25, -0.2) is 0 Å². The quantitative estimate of drug-likeness (QED) is 0.0261. The number of unbranched alkanes of at least 4 members (excludes halogenated alkanes) is 29. The molecule has 0 spiro atoms. The van der Waals surface area contributed by atoms with Crippen LogP contribution in [0.3, 0.4) is 0 Å². The molecule has 0 aliphatic rings. The van der Waals surface area contributed by atoms with Crippen molar-refractivity contribution in [1.29, 1.82) is 0 Å². The molecule has 6 nitrogen and oxygen atoms in total. The Labute approximate surface area is 513 Å². The van der Waals surface area contributed by atoms with Gasteiger partial charge in [-0.2, -0.15) is 0 Å². The molecule has 1 atom stereocenters. The van der Waals surface area contributed by atoms with Crippen LogP contribution in [0, 0.1) is 0 Å². The molecule has 0 radical (unpaired) electrons. The molecule has 0 aromatic carbocycles. The molecule has 0 saturated heterocycles. The van der Waals surface area contributed by atoms with Crippen molar-refractivity contribution in [2.45, 2.75) is 322 Å². The van der Waals surface area contributed by atoms with E-state index in [1.54, 1.807) is 0 Å². The molecule has 0 aromatic rings. The Morgan fingerprint density at radius 3 is 0.807 bits per heavy atom. The zero-order valence-electron chi connectivity index (χ0n) is 54.2. The number of carbonyl (C=O) groups excluding carboxylic acids is 3. The van der Waals surface area contributed by atoms with Gasteiger partial charge in [0.15, 0.2) is 6.10 Å². The smallest absolute Gasteiger partial charge is 0.306 e. The van der Waals surface area contributed by atoms with Crippen LogP contribution in [0.25, 0.3) is 0 Å². The van der Waals surface area contributed by atoms with Crippen LogP contribution in [0.15, 0.2) is 134 Å². The maximum atomic E-state index is 12.9. The highest BCUT2D eigenvalue weighted by Crippen LogP contribution is 2.16. The van der Waals surface area contributed by atoms with Gasteiger partial charge in [0.25, 0.3) is 0 Å². The third-order valence-electron chi connectivity index (χ3n) is 14.6. The van der Waals surface area contributed by atoms with Gasteiger partial charge in [0, 0.05) is 19.3 Å². The second-order valence-electron chi connectivity index (χ2n) is 22.7. The molecule has 6 heteroatoms. The fraction of sp³-hybridized carbons (Fsp3) is 0.675. The number of carbonyl (C=O) groups is 3. The Morgan fingerprint density at radius 2 is 0.482 bits per heavy atom. The maximum Gasteiger partial charge on any atom is 0.306 e. The van der Waals surface area contributed by atoms with E-state index in [0.717, 1.165) is 116 Å². The van der Waals surface area contributed by atoms with Crippen molar-refractivity contribution in [2.75, 3.05) is 13.2 Å². The molecule has 0 saturated carbocycles. The van der Waals surface area contributed by atoms with Crippen LogP contribution in [0.2, 0.25) is 0 Å². The number of esters is 3. The van der Waals surface area contributed by atoms with Crippen LogP contribution >= 0.6 is 0 Å². The lowest BCUT2D eigenvalue weighted by atomic mass is 10.0. The number of rotatable bonds is 62. The van der Waals surface area contributed by atoms with Gasteiger partial charge in [-0.1, -0.05) is 296 Å². The summed E-state index contributed by atoms with van der Waals surface area (Å²) in [7, 11) is 0. The molecular weight excluding hydrogens is 1020 g/mol. The molecule has 0 aliphatic heterocycles. The minimum absolute atomic E-state index is 0.103. The number of hydrogen-bond donors (Lipinski definition) is 0. The van der Waals surface area contributed by atoms with Gasteiger partial charge in [0.1, 0.15) is 13.2 Å². The largest absolute Gasteiger partial charge is 0.462 e. The molecule has 1 unspecified atom stereocenters. The van der Waals surface area contributed by atoms with Crippen LogP contribution in [-0.2, 0) is 28.6 Å².